The van der Waals surface area contributed by atoms with Crippen molar-refractivity contribution in [2.45, 2.75) is 0 Å². The summed E-state index contributed by atoms with van der Waals surface area (Å²) in [4.78, 5) is 0. The number of methoxy groups -OCH3 is 1. The molecule has 0 radical (unpaired) electrons. The van der Waals surface area contributed by atoms with Gasteiger partial charge < -0.3 is 4.74 Å². The minimum Gasteiger partial charge on any atom is -0.494 e. The van der Waals surface area contributed by atoms with Gasteiger partial charge in [-0.3, -0.25) is 0 Å². The van der Waals surface area contributed by atoms with Gasteiger partial charge in [0, 0.05) is 11.6 Å². The highest BCUT2D eigenvalue weighted by molar-refractivity contribution is 6.30. The van der Waals surface area contributed by atoms with E-state index in [0.717, 1.165) is 22.7 Å². The molecule has 0 amide bonds. The second kappa shape index (κ2) is 5.39. The first-order valence-electron chi connectivity index (χ1n) is 6.24. The molecule has 0 spiro atoms. The highest BCUT2D eigenvalue weighted by atomic mass is 35.5. The van der Waals surface area contributed by atoms with Gasteiger partial charge in [0.05, 0.1) is 12.8 Å². The third-order valence-electron chi connectivity index (χ3n) is 3.05. The van der Waals surface area contributed by atoms with Crippen molar-refractivity contribution >= 4 is 11.6 Å². The van der Waals surface area contributed by atoms with Gasteiger partial charge in [-0.2, -0.15) is 5.10 Å². The van der Waals surface area contributed by atoms with Crippen molar-refractivity contribution in [2.24, 2.45) is 0 Å². The Morgan fingerprint density at radius 2 is 1.70 bits per heavy atom. The average Bonchev–Trinajstić information content (AvgIpc) is 2.90. The molecule has 0 unspecified atom stereocenters. The van der Waals surface area contributed by atoms with Crippen LogP contribution >= 0.6 is 11.6 Å². The largest absolute Gasteiger partial charge is 0.494 e. The standard InChI is InChI=1S/C16H13ClN2O/c1-20-15-10-6-5-9-14(15)19-16(17)11-13(18-19)12-7-3-2-4-8-12/h2-11H,1H3. The summed E-state index contributed by atoms with van der Waals surface area (Å²) in [6.45, 7) is 0. The molecule has 3 aromatic rings. The Balaban J connectivity index is 2.10. The Hall–Kier alpha value is -2.26. The van der Waals surface area contributed by atoms with Crippen LogP contribution in [0.25, 0.3) is 16.9 Å². The van der Waals surface area contributed by atoms with Crippen LogP contribution in [-0.4, -0.2) is 16.9 Å². The second-order valence-electron chi connectivity index (χ2n) is 4.30. The molecule has 0 aliphatic heterocycles. The summed E-state index contributed by atoms with van der Waals surface area (Å²) in [6.07, 6.45) is 0. The van der Waals surface area contributed by atoms with E-state index >= 15 is 0 Å². The molecule has 4 heteroatoms. The zero-order valence-corrected chi connectivity index (χ0v) is 11.7. The molecule has 0 saturated heterocycles. The molecule has 20 heavy (non-hydrogen) atoms. The summed E-state index contributed by atoms with van der Waals surface area (Å²) in [5, 5.41) is 5.11. The molecule has 0 fully saturated rings. The van der Waals surface area contributed by atoms with E-state index in [-0.39, 0.29) is 0 Å². The van der Waals surface area contributed by atoms with Gasteiger partial charge in [-0.1, -0.05) is 54.1 Å². The van der Waals surface area contributed by atoms with Crippen LogP contribution in [0.5, 0.6) is 5.75 Å². The summed E-state index contributed by atoms with van der Waals surface area (Å²) >= 11 is 6.30. The van der Waals surface area contributed by atoms with Crippen LogP contribution in [0.1, 0.15) is 0 Å². The van der Waals surface area contributed by atoms with E-state index < -0.39 is 0 Å². The predicted molar refractivity (Wildman–Crippen MR) is 80.6 cm³/mol. The lowest BCUT2D eigenvalue weighted by atomic mass is 10.2. The van der Waals surface area contributed by atoms with Crippen LogP contribution in [0.4, 0.5) is 0 Å². The monoisotopic (exact) mass is 284 g/mol. The van der Waals surface area contributed by atoms with Crippen molar-refractivity contribution < 1.29 is 4.74 Å². The fourth-order valence-electron chi connectivity index (χ4n) is 2.08. The summed E-state index contributed by atoms with van der Waals surface area (Å²) in [7, 11) is 1.63. The molecule has 0 aliphatic carbocycles. The molecule has 2 aromatic carbocycles. The molecule has 0 aliphatic rings. The average molecular weight is 285 g/mol. The fourth-order valence-corrected chi connectivity index (χ4v) is 2.31. The van der Waals surface area contributed by atoms with Gasteiger partial charge >= 0.3 is 0 Å². The Morgan fingerprint density at radius 3 is 2.45 bits per heavy atom. The maximum absolute atomic E-state index is 6.30. The third kappa shape index (κ3) is 2.28. The third-order valence-corrected chi connectivity index (χ3v) is 3.32. The minimum atomic E-state index is 0.549. The second-order valence-corrected chi connectivity index (χ2v) is 4.69. The molecular formula is C16H13ClN2O. The number of hydrogen-bond donors (Lipinski definition) is 0. The fraction of sp³-hybridized carbons (Fsp3) is 0.0625. The van der Waals surface area contributed by atoms with Gasteiger partial charge in [0.1, 0.15) is 16.6 Å². The van der Waals surface area contributed by atoms with Crippen molar-refractivity contribution in [3.63, 3.8) is 0 Å². The highest BCUT2D eigenvalue weighted by Crippen LogP contribution is 2.28. The topological polar surface area (TPSA) is 27.1 Å². The molecule has 0 atom stereocenters. The Bertz CT molecular complexity index is 722. The quantitative estimate of drug-likeness (QED) is 0.721. The number of aromatic nitrogens is 2. The number of nitrogens with zero attached hydrogens (tertiary/aromatic N) is 2. The van der Waals surface area contributed by atoms with Gasteiger partial charge in [0.25, 0.3) is 0 Å². The molecule has 0 saturated carbocycles. The smallest absolute Gasteiger partial charge is 0.144 e. The Morgan fingerprint density at radius 1 is 1.00 bits per heavy atom. The lowest BCUT2D eigenvalue weighted by molar-refractivity contribution is 0.412. The number of rotatable bonds is 3. The first-order valence-corrected chi connectivity index (χ1v) is 6.62. The van der Waals surface area contributed by atoms with Crippen LogP contribution < -0.4 is 4.74 Å². The summed E-state index contributed by atoms with van der Waals surface area (Å²) < 4.78 is 7.03. The lowest BCUT2D eigenvalue weighted by Crippen LogP contribution is -1.99. The van der Waals surface area contributed by atoms with Crippen molar-refractivity contribution in [3.05, 3.63) is 65.8 Å². The van der Waals surface area contributed by atoms with E-state index in [2.05, 4.69) is 5.10 Å². The number of benzene rings is 2. The van der Waals surface area contributed by atoms with Gasteiger partial charge in [-0.15, -0.1) is 0 Å². The van der Waals surface area contributed by atoms with Crippen LogP contribution in [0.2, 0.25) is 5.15 Å². The minimum absolute atomic E-state index is 0.549. The predicted octanol–water partition coefficient (Wildman–Crippen LogP) is 4.20. The van der Waals surface area contributed by atoms with E-state index in [1.54, 1.807) is 11.8 Å². The number of hydrogen-bond acceptors (Lipinski definition) is 2. The van der Waals surface area contributed by atoms with E-state index in [0.29, 0.717) is 5.15 Å². The number of para-hydroxylation sites is 2. The molecule has 0 bridgehead atoms. The zero-order valence-electron chi connectivity index (χ0n) is 11.0. The molecule has 100 valence electrons. The van der Waals surface area contributed by atoms with Crippen molar-refractivity contribution in [2.75, 3.05) is 7.11 Å². The zero-order chi connectivity index (χ0) is 13.9. The maximum atomic E-state index is 6.30. The van der Waals surface area contributed by atoms with Gasteiger partial charge in [-0.05, 0) is 12.1 Å². The Kier molecular flexibility index (Phi) is 3.44. The van der Waals surface area contributed by atoms with Crippen molar-refractivity contribution in [1.82, 2.24) is 9.78 Å². The molecule has 3 nitrogen and oxygen atoms in total. The summed E-state index contributed by atoms with van der Waals surface area (Å²) in [6, 6.07) is 19.4. The van der Waals surface area contributed by atoms with Crippen LogP contribution in [0.3, 0.4) is 0 Å². The molecule has 1 aromatic heterocycles. The van der Waals surface area contributed by atoms with Crippen molar-refractivity contribution in [3.8, 4) is 22.7 Å². The van der Waals surface area contributed by atoms with E-state index in [1.807, 2.05) is 60.7 Å². The van der Waals surface area contributed by atoms with Crippen LogP contribution in [0.15, 0.2) is 60.7 Å². The normalized spacial score (nSPS) is 10.5. The molecule has 1 heterocycles. The number of halogens is 1. The SMILES string of the molecule is COc1ccccc1-n1nc(-c2ccccc2)cc1Cl. The van der Waals surface area contributed by atoms with Gasteiger partial charge in [-0.25, -0.2) is 4.68 Å². The first-order chi connectivity index (χ1) is 9.79. The van der Waals surface area contributed by atoms with E-state index in [1.165, 1.54) is 0 Å². The maximum Gasteiger partial charge on any atom is 0.144 e. The molecular weight excluding hydrogens is 272 g/mol. The first kappa shape index (κ1) is 12.8. The molecule has 3 rings (SSSR count). The molecule has 0 N–H and O–H groups in total. The van der Waals surface area contributed by atoms with E-state index in [4.69, 9.17) is 16.3 Å². The Labute approximate surface area is 122 Å². The number of ether oxygens (including phenoxy) is 1. The van der Waals surface area contributed by atoms with Crippen LogP contribution in [-0.2, 0) is 0 Å². The van der Waals surface area contributed by atoms with Crippen LogP contribution in [0, 0.1) is 0 Å². The highest BCUT2D eigenvalue weighted by Gasteiger charge is 2.12. The van der Waals surface area contributed by atoms with Gasteiger partial charge in [0.2, 0.25) is 0 Å². The summed E-state index contributed by atoms with van der Waals surface area (Å²) in [5.74, 6) is 0.733. The van der Waals surface area contributed by atoms with Crippen molar-refractivity contribution in [1.29, 1.82) is 0 Å². The summed E-state index contributed by atoms with van der Waals surface area (Å²) in [5.41, 5.74) is 2.69. The lowest BCUT2D eigenvalue weighted by Gasteiger charge is -2.08. The van der Waals surface area contributed by atoms with Gasteiger partial charge in [0.15, 0.2) is 0 Å². The van der Waals surface area contributed by atoms with E-state index in [9.17, 15) is 0 Å².